The number of hydrogen-bond acceptors (Lipinski definition) is 3. The lowest BCUT2D eigenvalue weighted by Crippen LogP contribution is -2.28. The predicted molar refractivity (Wildman–Crippen MR) is 92.5 cm³/mol. The Morgan fingerprint density at radius 1 is 1.12 bits per heavy atom. The van der Waals surface area contributed by atoms with Crippen LogP contribution >= 0.6 is 0 Å². The number of hydrogen-bond donors (Lipinski definition) is 1. The molecule has 0 unspecified atom stereocenters. The van der Waals surface area contributed by atoms with Gasteiger partial charge in [0.25, 0.3) is 11.8 Å². The molecule has 5 nitrogen and oxygen atoms in total. The first kappa shape index (κ1) is 17.0. The second-order valence-electron chi connectivity index (χ2n) is 5.85. The molecule has 2 aromatic carbocycles. The molecule has 6 heteroatoms. The summed E-state index contributed by atoms with van der Waals surface area (Å²) in [6.07, 6.45) is 1.98. The zero-order valence-electron chi connectivity index (χ0n) is 13.9. The van der Waals surface area contributed by atoms with E-state index in [-0.39, 0.29) is 17.2 Å². The normalized spacial score (nSPS) is 13.6. The van der Waals surface area contributed by atoms with Gasteiger partial charge >= 0.3 is 0 Å². The first-order valence-corrected chi connectivity index (χ1v) is 8.13. The number of methoxy groups -OCH3 is 1. The lowest BCUT2D eigenvalue weighted by atomic mass is 10.1. The van der Waals surface area contributed by atoms with Gasteiger partial charge in [0.05, 0.1) is 18.4 Å². The number of nitrogens with zero attached hydrogens (tertiary/aromatic N) is 1. The third-order valence-electron chi connectivity index (χ3n) is 4.21. The van der Waals surface area contributed by atoms with Gasteiger partial charge in [0.1, 0.15) is 0 Å². The quantitative estimate of drug-likeness (QED) is 0.927. The van der Waals surface area contributed by atoms with Crippen molar-refractivity contribution >= 4 is 17.5 Å². The van der Waals surface area contributed by atoms with Crippen LogP contribution in [0, 0.1) is 5.82 Å². The lowest BCUT2D eigenvalue weighted by Gasteiger charge is -2.18. The Hall–Kier alpha value is -2.89. The summed E-state index contributed by atoms with van der Waals surface area (Å²) in [5, 5.41) is 2.70. The highest BCUT2D eigenvalue weighted by Crippen LogP contribution is 2.22. The number of anilines is 1. The second kappa shape index (κ2) is 7.34. The van der Waals surface area contributed by atoms with Crippen LogP contribution in [0.25, 0.3) is 0 Å². The molecule has 1 fully saturated rings. The lowest BCUT2D eigenvalue weighted by molar-refractivity contribution is 0.0794. The molecule has 1 saturated heterocycles. The van der Waals surface area contributed by atoms with Gasteiger partial charge < -0.3 is 15.0 Å². The van der Waals surface area contributed by atoms with Gasteiger partial charge in [-0.25, -0.2) is 4.39 Å². The molecule has 1 N–H and O–H groups in total. The summed E-state index contributed by atoms with van der Waals surface area (Å²) in [5.41, 5.74) is 1.01. The highest BCUT2D eigenvalue weighted by atomic mass is 19.1. The van der Waals surface area contributed by atoms with Gasteiger partial charge in [0.15, 0.2) is 11.6 Å². The minimum absolute atomic E-state index is 0.0705. The highest BCUT2D eigenvalue weighted by Gasteiger charge is 2.22. The highest BCUT2D eigenvalue weighted by molar-refractivity contribution is 6.09. The number of carbonyl (C=O) groups is 2. The summed E-state index contributed by atoms with van der Waals surface area (Å²) in [6, 6.07) is 10.8. The number of rotatable bonds is 4. The van der Waals surface area contributed by atoms with E-state index in [1.54, 1.807) is 29.2 Å². The molecule has 1 aliphatic rings. The van der Waals surface area contributed by atoms with Crippen LogP contribution in [0.2, 0.25) is 0 Å². The number of halogens is 1. The fourth-order valence-corrected chi connectivity index (χ4v) is 2.87. The molecule has 1 heterocycles. The summed E-state index contributed by atoms with van der Waals surface area (Å²) in [7, 11) is 1.36. The fraction of sp³-hybridized carbons (Fsp3) is 0.263. The maximum atomic E-state index is 13.8. The number of benzene rings is 2. The van der Waals surface area contributed by atoms with Crippen molar-refractivity contribution < 1.29 is 18.7 Å². The van der Waals surface area contributed by atoms with Crippen molar-refractivity contribution in [2.45, 2.75) is 12.8 Å². The summed E-state index contributed by atoms with van der Waals surface area (Å²) in [5.74, 6) is -1.13. The van der Waals surface area contributed by atoms with E-state index in [1.165, 1.54) is 19.2 Å². The van der Waals surface area contributed by atoms with E-state index >= 15 is 0 Å². The maximum absolute atomic E-state index is 13.8. The number of amides is 2. The van der Waals surface area contributed by atoms with Gasteiger partial charge in [-0.2, -0.15) is 0 Å². The fourth-order valence-electron chi connectivity index (χ4n) is 2.87. The standard InChI is InChI=1S/C19H19FN2O3/c1-25-17-9-8-13(12-15(17)20)18(23)21-16-7-3-2-6-14(16)19(24)22-10-4-5-11-22/h2-3,6-9,12H,4-5,10-11H2,1H3,(H,21,23). The zero-order chi connectivity index (χ0) is 17.8. The molecule has 3 rings (SSSR count). The summed E-state index contributed by atoms with van der Waals surface area (Å²) in [4.78, 5) is 26.8. The zero-order valence-corrected chi connectivity index (χ0v) is 13.9. The van der Waals surface area contributed by atoms with E-state index in [0.29, 0.717) is 11.3 Å². The molecule has 0 bridgehead atoms. The summed E-state index contributed by atoms with van der Waals surface area (Å²) < 4.78 is 18.6. The molecule has 0 aromatic heterocycles. The minimum Gasteiger partial charge on any atom is -0.494 e. The minimum atomic E-state index is -0.614. The summed E-state index contributed by atoms with van der Waals surface area (Å²) in [6.45, 7) is 1.45. The van der Waals surface area contributed by atoms with E-state index in [9.17, 15) is 14.0 Å². The molecule has 130 valence electrons. The van der Waals surface area contributed by atoms with Gasteiger partial charge in [0.2, 0.25) is 0 Å². The van der Waals surface area contributed by atoms with Gasteiger partial charge in [-0.05, 0) is 43.2 Å². The Labute approximate surface area is 145 Å². The molecule has 25 heavy (non-hydrogen) atoms. The summed E-state index contributed by atoms with van der Waals surface area (Å²) >= 11 is 0. The van der Waals surface area contributed by atoms with E-state index in [1.807, 2.05) is 0 Å². The molecule has 0 atom stereocenters. The molecular weight excluding hydrogens is 323 g/mol. The Kier molecular flexibility index (Phi) is 4.97. The molecule has 0 radical (unpaired) electrons. The molecule has 0 aliphatic carbocycles. The van der Waals surface area contributed by atoms with E-state index in [4.69, 9.17) is 4.74 Å². The van der Waals surface area contributed by atoms with Crippen LogP contribution in [0.3, 0.4) is 0 Å². The van der Waals surface area contributed by atoms with Gasteiger partial charge in [-0.1, -0.05) is 12.1 Å². The van der Waals surface area contributed by atoms with E-state index in [2.05, 4.69) is 5.32 Å². The van der Waals surface area contributed by atoms with Crippen molar-refractivity contribution in [1.29, 1.82) is 0 Å². The van der Waals surface area contributed by atoms with Crippen LogP contribution < -0.4 is 10.1 Å². The van der Waals surface area contributed by atoms with Crippen molar-refractivity contribution in [3.8, 4) is 5.75 Å². The van der Waals surface area contributed by atoms with Crippen LogP contribution in [0.5, 0.6) is 5.75 Å². The smallest absolute Gasteiger partial charge is 0.255 e. The Bertz CT molecular complexity index is 801. The second-order valence-corrected chi connectivity index (χ2v) is 5.85. The van der Waals surface area contributed by atoms with E-state index in [0.717, 1.165) is 32.0 Å². The van der Waals surface area contributed by atoms with Crippen molar-refractivity contribution in [2.75, 3.05) is 25.5 Å². The van der Waals surface area contributed by atoms with Gasteiger partial charge in [-0.3, -0.25) is 9.59 Å². The van der Waals surface area contributed by atoms with Crippen molar-refractivity contribution in [2.24, 2.45) is 0 Å². The average Bonchev–Trinajstić information content (AvgIpc) is 3.16. The van der Waals surface area contributed by atoms with Crippen LogP contribution in [-0.4, -0.2) is 36.9 Å². The molecule has 0 saturated carbocycles. The number of likely N-dealkylation sites (tertiary alicyclic amines) is 1. The Balaban J connectivity index is 1.82. The molecule has 2 amide bonds. The molecule has 2 aromatic rings. The van der Waals surface area contributed by atoms with Crippen LogP contribution in [-0.2, 0) is 0 Å². The third kappa shape index (κ3) is 3.63. The molecule has 1 aliphatic heterocycles. The largest absolute Gasteiger partial charge is 0.494 e. The van der Waals surface area contributed by atoms with E-state index < -0.39 is 11.7 Å². The molecular formula is C19H19FN2O3. The first-order valence-electron chi connectivity index (χ1n) is 8.13. The first-order chi connectivity index (χ1) is 12.1. The van der Waals surface area contributed by atoms with Crippen LogP contribution in [0.15, 0.2) is 42.5 Å². The molecule has 0 spiro atoms. The average molecular weight is 342 g/mol. The SMILES string of the molecule is COc1ccc(C(=O)Nc2ccccc2C(=O)N2CCCC2)cc1F. The topological polar surface area (TPSA) is 58.6 Å². The monoisotopic (exact) mass is 342 g/mol. The Morgan fingerprint density at radius 2 is 1.84 bits per heavy atom. The Morgan fingerprint density at radius 3 is 2.52 bits per heavy atom. The van der Waals surface area contributed by atoms with Crippen LogP contribution in [0.1, 0.15) is 33.6 Å². The predicted octanol–water partition coefficient (Wildman–Crippen LogP) is 3.32. The number of para-hydroxylation sites is 1. The number of ether oxygens (including phenoxy) is 1. The van der Waals surface area contributed by atoms with Crippen molar-refractivity contribution in [3.63, 3.8) is 0 Å². The van der Waals surface area contributed by atoms with Crippen molar-refractivity contribution in [3.05, 3.63) is 59.4 Å². The van der Waals surface area contributed by atoms with Gasteiger partial charge in [-0.15, -0.1) is 0 Å². The number of carbonyl (C=O) groups excluding carboxylic acids is 2. The van der Waals surface area contributed by atoms with Gasteiger partial charge in [0, 0.05) is 18.7 Å². The third-order valence-corrected chi connectivity index (χ3v) is 4.21. The van der Waals surface area contributed by atoms with Crippen molar-refractivity contribution in [1.82, 2.24) is 4.90 Å². The number of nitrogens with one attached hydrogen (secondary N) is 1. The maximum Gasteiger partial charge on any atom is 0.255 e. The van der Waals surface area contributed by atoms with Crippen LogP contribution in [0.4, 0.5) is 10.1 Å².